The van der Waals surface area contributed by atoms with Crippen LogP contribution >= 0.6 is 15.9 Å². The smallest absolute Gasteiger partial charge is 0.127 e. The molecule has 2 rings (SSSR count). The van der Waals surface area contributed by atoms with Gasteiger partial charge in [0, 0.05) is 17.6 Å². The molecule has 0 bridgehead atoms. The predicted molar refractivity (Wildman–Crippen MR) is 57.0 cm³/mol. The van der Waals surface area contributed by atoms with Gasteiger partial charge in [0.2, 0.25) is 0 Å². The number of alkyl halides is 1. The van der Waals surface area contributed by atoms with E-state index in [0.717, 1.165) is 9.37 Å². The van der Waals surface area contributed by atoms with Crippen LogP contribution in [0.25, 0.3) is 0 Å². The van der Waals surface area contributed by atoms with Crippen molar-refractivity contribution in [3.63, 3.8) is 0 Å². The number of nitrogens with zero attached hydrogens (tertiary/aromatic N) is 1. The van der Waals surface area contributed by atoms with Gasteiger partial charge in [0.25, 0.3) is 0 Å². The average Bonchev–Trinajstić information content (AvgIpc) is 2.13. The Balaban J connectivity index is 2.08. The standard InChI is InChI=1S/C9H9BrFNOS/c10-7-1-3-9(4-2-7)14(13)12-5-8(11)6-12/h1-4,8H,5-6H2. The fourth-order valence-electron chi connectivity index (χ4n) is 1.22. The lowest BCUT2D eigenvalue weighted by atomic mass is 10.3. The molecule has 1 heterocycles. The highest BCUT2D eigenvalue weighted by Gasteiger charge is 2.31. The third-order valence-electron chi connectivity index (χ3n) is 2.05. The summed E-state index contributed by atoms with van der Waals surface area (Å²) in [5.41, 5.74) is 0. The van der Waals surface area contributed by atoms with Crippen molar-refractivity contribution in [2.24, 2.45) is 0 Å². The van der Waals surface area contributed by atoms with Gasteiger partial charge in [-0.3, -0.25) is 0 Å². The number of hydrogen-bond donors (Lipinski definition) is 0. The van der Waals surface area contributed by atoms with Crippen molar-refractivity contribution in [1.82, 2.24) is 4.31 Å². The zero-order valence-corrected chi connectivity index (χ0v) is 9.72. The molecule has 1 atom stereocenters. The molecule has 0 aliphatic carbocycles. The van der Waals surface area contributed by atoms with Crippen LogP contribution in [0, 0.1) is 0 Å². The number of benzene rings is 1. The van der Waals surface area contributed by atoms with Crippen molar-refractivity contribution in [1.29, 1.82) is 0 Å². The molecule has 0 amide bonds. The first kappa shape index (κ1) is 10.3. The monoisotopic (exact) mass is 277 g/mol. The van der Waals surface area contributed by atoms with Crippen LogP contribution in [0.2, 0.25) is 0 Å². The van der Waals surface area contributed by atoms with Crippen molar-refractivity contribution in [3.8, 4) is 0 Å². The van der Waals surface area contributed by atoms with Gasteiger partial charge in [-0.1, -0.05) is 15.9 Å². The minimum absolute atomic E-state index is 0.280. The van der Waals surface area contributed by atoms with E-state index in [2.05, 4.69) is 15.9 Å². The van der Waals surface area contributed by atoms with Gasteiger partial charge in [-0.2, -0.15) is 0 Å². The van der Waals surface area contributed by atoms with Gasteiger partial charge in [0.05, 0.1) is 4.90 Å². The molecule has 0 radical (unpaired) electrons. The SMILES string of the molecule is O=S(c1ccc(Br)cc1)N1CC(F)C1. The summed E-state index contributed by atoms with van der Waals surface area (Å²) in [4.78, 5) is 0.722. The Morgan fingerprint density at radius 2 is 1.93 bits per heavy atom. The Morgan fingerprint density at radius 3 is 2.43 bits per heavy atom. The predicted octanol–water partition coefficient (Wildman–Crippen LogP) is 2.13. The summed E-state index contributed by atoms with van der Waals surface area (Å²) >= 11 is 3.30. The highest BCUT2D eigenvalue weighted by molar-refractivity contribution is 9.10. The fourth-order valence-corrected chi connectivity index (χ4v) is 2.75. The Hall–Kier alpha value is -0.260. The first-order valence-corrected chi connectivity index (χ1v) is 6.13. The molecule has 0 aromatic heterocycles. The molecule has 0 spiro atoms. The Labute approximate surface area is 92.8 Å². The van der Waals surface area contributed by atoms with E-state index >= 15 is 0 Å². The second-order valence-corrected chi connectivity index (χ2v) is 5.55. The average molecular weight is 278 g/mol. The van der Waals surface area contributed by atoms with Gasteiger partial charge in [-0.05, 0) is 24.3 Å². The van der Waals surface area contributed by atoms with Crippen LogP contribution < -0.4 is 0 Å². The molecule has 5 heteroatoms. The highest BCUT2D eigenvalue weighted by Crippen LogP contribution is 2.20. The molecule has 1 aromatic carbocycles. The van der Waals surface area contributed by atoms with E-state index < -0.39 is 17.2 Å². The van der Waals surface area contributed by atoms with Crippen molar-refractivity contribution in [2.45, 2.75) is 11.1 Å². The molecule has 1 aromatic rings. The van der Waals surface area contributed by atoms with Crippen molar-refractivity contribution < 1.29 is 8.60 Å². The van der Waals surface area contributed by atoms with Gasteiger partial charge in [0.15, 0.2) is 0 Å². The van der Waals surface area contributed by atoms with Crippen LogP contribution in [0.3, 0.4) is 0 Å². The van der Waals surface area contributed by atoms with Crippen molar-refractivity contribution >= 4 is 26.9 Å². The van der Waals surface area contributed by atoms with Gasteiger partial charge >= 0.3 is 0 Å². The number of rotatable bonds is 2. The molecule has 1 unspecified atom stereocenters. The van der Waals surface area contributed by atoms with E-state index in [1.165, 1.54) is 0 Å². The molecule has 0 saturated carbocycles. The van der Waals surface area contributed by atoms with Crippen LogP contribution in [-0.4, -0.2) is 27.8 Å². The fraction of sp³-hybridized carbons (Fsp3) is 0.333. The second-order valence-electron chi connectivity index (χ2n) is 3.15. The number of hydrogen-bond acceptors (Lipinski definition) is 1. The van der Waals surface area contributed by atoms with Crippen molar-refractivity contribution in [2.75, 3.05) is 13.1 Å². The summed E-state index contributed by atoms with van der Waals surface area (Å²) in [6.07, 6.45) is -0.811. The van der Waals surface area contributed by atoms with Gasteiger partial charge in [-0.25, -0.2) is 12.9 Å². The maximum absolute atomic E-state index is 12.5. The zero-order valence-electron chi connectivity index (χ0n) is 7.32. The van der Waals surface area contributed by atoms with Crippen LogP contribution in [0.5, 0.6) is 0 Å². The van der Waals surface area contributed by atoms with Crippen molar-refractivity contribution in [3.05, 3.63) is 28.7 Å². The molecule has 1 aliphatic heterocycles. The minimum atomic E-state index is -1.20. The largest absolute Gasteiger partial charge is 0.245 e. The molecule has 14 heavy (non-hydrogen) atoms. The molecule has 1 fully saturated rings. The first-order chi connectivity index (χ1) is 6.66. The first-order valence-electron chi connectivity index (χ1n) is 4.23. The van der Waals surface area contributed by atoms with E-state index in [1.54, 1.807) is 16.4 Å². The second kappa shape index (κ2) is 4.08. The zero-order chi connectivity index (χ0) is 10.1. The molecule has 2 nitrogen and oxygen atoms in total. The third-order valence-corrected chi connectivity index (χ3v) is 4.02. The van der Waals surface area contributed by atoms with E-state index in [-0.39, 0.29) is 13.1 Å². The Kier molecular flexibility index (Phi) is 2.99. The Morgan fingerprint density at radius 1 is 1.36 bits per heavy atom. The third kappa shape index (κ3) is 2.04. The van der Waals surface area contributed by atoms with Crippen LogP contribution in [0.4, 0.5) is 4.39 Å². The summed E-state index contributed by atoms with van der Waals surface area (Å²) < 4.78 is 26.8. The maximum atomic E-state index is 12.5. The van der Waals surface area contributed by atoms with Crippen LogP contribution in [0.15, 0.2) is 33.6 Å². The number of halogens is 2. The van der Waals surface area contributed by atoms with Crippen LogP contribution in [0.1, 0.15) is 0 Å². The van der Waals surface area contributed by atoms with E-state index in [4.69, 9.17) is 0 Å². The lowest BCUT2D eigenvalue weighted by molar-refractivity contribution is 0.147. The normalized spacial score (nSPS) is 20.4. The molecular weight excluding hydrogens is 269 g/mol. The lowest BCUT2D eigenvalue weighted by Crippen LogP contribution is -2.48. The maximum Gasteiger partial charge on any atom is 0.127 e. The highest BCUT2D eigenvalue weighted by atomic mass is 79.9. The molecule has 1 saturated heterocycles. The van der Waals surface area contributed by atoms with E-state index in [1.807, 2.05) is 12.1 Å². The molecular formula is C9H9BrFNOS. The van der Waals surface area contributed by atoms with Gasteiger partial charge in [-0.15, -0.1) is 0 Å². The van der Waals surface area contributed by atoms with Gasteiger partial charge < -0.3 is 0 Å². The summed E-state index contributed by atoms with van der Waals surface area (Å²) in [6.45, 7) is 0.561. The summed E-state index contributed by atoms with van der Waals surface area (Å²) in [5, 5.41) is 0. The summed E-state index contributed by atoms with van der Waals surface area (Å²) in [7, 11) is -1.20. The summed E-state index contributed by atoms with van der Waals surface area (Å²) in [6, 6.07) is 7.23. The topological polar surface area (TPSA) is 20.3 Å². The Bertz CT molecular complexity index is 350. The molecule has 1 aliphatic rings. The van der Waals surface area contributed by atoms with E-state index in [9.17, 15) is 8.60 Å². The quantitative estimate of drug-likeness (QED) is 0.811. The lowest BCUT2D eigenvalue weighted by Gasteiger charge is -2.32. The summed E-state index contributed by atoms with van der Waals surface area (Å²) in [5.74, 6) is 0. The molecule has 76 valence electrons. The van der Waals surface area contributed by atoms with Gasteiger partial charge in [0.1, 0.15) is 17.2 Å². The van der Waals surface area contributed by atoms with Crippen LogP contribution in [-0.2, 0) is 11.0 Å². The molecule has 0 N–H and O–H groups in total. The van der Waals surface area contributed by atoms with E-state index in [0.29, 0.717) is 0 Å². The minimum Gasteiger partial charge on any atom is -0.245 e.